The smallest absolute Gasteiger partial charge is 0.178 e. The Morgan fingerprint density at radius 1 is 1.06 bits per heavy atom. The van der Waals surface area contributed by atoms with E-state index in [1.165, 1.54) is 5.56 Å². The number of fused-ring (bicyclic) bond motifs is 1. The average Bonchev–Trinajstić information content (AvgIpc) is 2.73. The molecule has 2 aromatic heterocycles. The lowest BCUT2D eigenvalue weighted by Gasteiger charge is -2.22. The van der Waals surface area contributed by atoms with Gasteiger partial charge in [-0.2, -0.15) is 0 Å². The van der Waals surface area contributed by atoms with Crippen molar-refractivity contribution >= 4 is 23.2 Å². The third-order valence-electron chi connectivity index (χ3n) is 4.90. The fourth-order valence-electron chi connectivity index (χ4n) is 3.17. The summed E-state index contributed by atoms with van der Waals surface area (Å²) in [6.07, 6.45) is 4.99. The molecule has 0 spiro atoms. The minimum atomic E-state index is -0.261. The van der Waals surface area contributed by atoms with Crippen LogP contribution in [0.15, 0.2) is 33.5 Å². The van der Waals surface area contributed by atoms with Crippen LogP contribution in [0.25, 0.3) is 0 Å². The first-order valence-corrected chi connectivity index (χ1v) is 11.7. The highest BCUT2D eigenvalue weighted by Gasteiger charge is 2.22. The number of aromatic nitrogens is 3. The van der Waals surface area contributed by atoms with Crippen LogP contribution in [-0.4, -0.2) is 45.8 Å². The van der Waals surface area contributed by atoms with E-state index in [-0.39, 0.29) is 5.41 Å². The van der Waals surface area contributed by atoms with Gasteiger partial charge in [0.15, 0.2) is 5.82 Å². The van der Waals surface area contributed by atoms with Gasteiger partial charge in [-0.25, -0.2) is 9.97 Å². The number of nitrogens with zero attached hydrogens (tertiary/aromatic N) is 5. The number of oxime groups is 2. The van der Waals surface area contributed by atoms with Crippen molar-refractivity contribution in [1.82, 2.24) is 15.0 Å². The Morgan fingerprint density at radius 3 is 2.61 bits per heavy atom. The van der Waals surface area contributed by atoms with Gasteiger partial charge >= 0.3 is 0 Å². The van der Waals surface area contributed by atoms with E-state index in [1.54, 1.807) is 11.8 Å². The number of rotatable bonds is 8. The highest BCUT2D eigenvalue weighted by atomic mass is 32.2. The number of hydrogen-bond acceptors (Lipinski definition) is 8. The Labute approximate surface area is 188 Å². The second kappa shape index (κ2) is 10.2. The van der Waals surface area contributed by atoms with Crippen molar-refractivity contribution in [2.45, 2.75) is 58.9 Å². The monoisotopic (exact) mass is 441 g/mol. The highest BCUT2D eigenvalue weighted by molar-refractivity contribution is 7.98. The van der Waals surface area contributed by atoms with Gasteiger partial charge in [0, 0.05) is 16.8 Å². The maximum absolute atomic E-state index is 5.71. The zero-order chi connectivity index (χ0) is 22.4. The minimum absolute atomic E-state index is 0.261. The number of aryl methyl sites for hydroxylation is 3. The maximum atomic E-state index is 5.71. The summed E-state index contributed by atoms with van der Waals surface area (Å²) in [5.41, 5.74) is 5.44. The van der Waals surface area contributed by atoms with E-state index in [0.717, 1.165) is 47.1 Å². The van der Waals surface area contributed by atoms with Crippen molar-refractivity contribution in [1.29, 1.82) is 0 Å². The molecular weight excluding hydrogens is 410 g/mol. The van der Waals surface area contributed by atoms with Crippen molar-refractivity contribution in [2.24, 2.45) is 15.7 Å². The quantitative estimate of drug-likeness (QED) is 0.255. The Morgan fingerprint density at radius 2 is 1.84 bits per heavy atom. The molecule has 1 aliphatic carbocycles. The molecule has 0 bridgehead atoms. The molecular formula is C23H31N5O2S. The lowest BCUT2D eigenvalue weighted by atomic mass is 9.94. The first-order chi connectivity index (χ1) is 14.8. The summed E-state index contributed by atoms with van der Waals surface area (Å²) < 4.78 is 0. The SMILES string of the molecule is CSc1cc(C)nc(C(C)=NOCC(C)(C)CON=C2CCCc3ccc(C)nc32)n1. The van der Waals surface area contributed by atoms with Gasteiger partial charge in [-0.05, 0) is 64.0 Å². The second-order valence-corrected chi connectivity index (χ2v) is 9.44. The van der Waals surface area contributed by atoms with Gasteiger partial charge < -0.3 is 9.68 Å². The molecule has 2 aromatic rings. The maximum Gasteiger partial charge on any atom is 0.178 e. The highest BCUT2D eigenvalue weighted by Crippen LogP contribution is 2.22. The van der Waals surface area contributed by atoms with Gasteiger partial charge in [-0.3, -0.25) is 4.98 Å². The molecule has 0 fully saturated rings. The summed E-state index contributed by atoms with van der Waals surface area (Å²) in [5.74, 6) is 0.587. The number of hydrogen-bond donors (Lipinski definition) is 0. The molecule has 0 amide bonds. The normalized spacial score (nSPS) is 15.7. The van der Waals surface area contributed by atoms with Crippen LogP contribution in [0.5, 0.6) is 0 Å². The topological polar surface area (TPSA) is 81.9 Å². The van der Waals surface area contributed by atoms with Gasteiger partial charge in [0.2, 0.25) is 0 Å². The van der Waals surface area contributed by atoms with E-state index in [0.29, 0.717) is 24.7 Å². The second-order valence-electron chi connectivity index (χ2n) is 8.61. The Bertz CT molecular complexity index is 988. The molecule has 31 heavy (non-hydrogen) atoms. The third kappa shape index (κ3) is 6.50. The van der Waals surface area contributed by atoms with Gasteiger partial charge in [0.25, 0.3) is 0 Å². The lowest BCUT2D eigenvalue weighted by Crippen LogP contribution is -2.24. The predicted molar refractivity (Wildman–Crippen MR) is 125 cm³/mol. The molecule has 3 rings (SSSR count). The standard InChI is InChI=1S/C23H31N5O2S/c1-15-10-11-18-8-7-9-19(21(18)24-15)28-30-14-23(4,5)13-29-27-17(3)22-25-16(2)12-20(26-22)31-6/h10-12H,7-9,13-14H2,1-6H3. The van der Waals surface area contributed by atoms with E-state index in [1.807, 2.05) is 33.1 Å². The molecule has 1 aliphatic rings. The molecule has 2 heterocycles. The summed E-state index contributed by atoms with van der Waals surface area (Å²) in [6.45, 7) is 10.7. The molecule has 8 heteroatoms. The third-order valence-corrected chi connectivity index (χ3v) is 5.53. The van der Waals surface area contributed by atoms with Crippen LogP contribution in [0, 0.1) is 19.3 Å². The van der Waals surface area contributed by atoms with Crippen LogP contribution in [0.4, 0.5) is 0 Å². The zero-order valence-electron chi connectivity index (χ0n) is 19.2. The van der Waals surface area contributed by atoms with Crippen molar-refractivity contribution in [3.05, 3.63) is 46.7 Å². The molecule has 7 nitrogen and oxygen atoms in total. The summed E-state index contributed by atoms with van der Waals surface area (Å²) in [5, 5.41) is 9.54. The van der Waals surface area contributed by atoms with Crippen molar-refractivity contribution in [3.8, 4) is 0 Å². The Hall–Kier alpha value is -2.48. The van der Waals surface area contributed by atoms with Gasteiger partial charge in [0.05, 0.1) is 5.69 Å². The molecule has 0 aromatic carbocycles. The van der Waals surface area contributed by atoms with Crippen LogP contribution < -0.4 is 0 Å². The Balaban J connectivity index is 1.56. The number of pyridine rings is 1. The molecule has 0 saturated carbocycles. The molecule has 0 radical (unpaired) electrons. The first-order valence-electron chi connectivity index (χ1n) is 10.5. The zero-order valence-corrected chi connectivity index (χ0v) is 20.0. The molecule has 0 unspecified atom stereocenters. The summed E-state index contributed by atoms with van der Waals surface area (Å²) in [6, 6.07) is 6.14. The Kier molecular flexibility index (Phi) is 7.64. The van der Waals surface area contributed by atoms with Gasteiger partial charge in [-0.1, -0.05) is 30.2 Å². The van der Waals surface area contributed by atoms with Gasteiger partial charge in [0.1, 0.15) is 29.7 Å². The lowest BCUT2D eigenvalue weighted by molar-refractivity contribution is -0.000179. The molecule has 0 N–H and O–H groups in total. The van der Waals surface area contributed by atoms with Crippen LogP contribution in [-0.2, 0) is 16.1 Å². The van der Waals surface area contributed by atoms with E-state index in [2.05, 4.69) is 51.2 Å². The van der Waals surface area contributed by atoms with Crippen LogP contribution in [0.1, 0.15) is 62.1 Å². The van der Waals surface area contributed by atoms with Crippen molar-refractivity contribution in [2.75, 3.05) is 19.5 Å². The fraction of sp³-hybridized carbons (Fsp3) is 0.522. The van der Waals surface area contributed by atoms with Gasteiger partial charge in [-0.15, -0.1) is 11.8 Å². The fourth-order valence-corrected chi connectivity index (χ4v) is 3.63. The molecule has 0 aliphatic heterocycles. The van der Waals surface area contributed by atoms with Crippen LogP contribution >= 0.6 is 11.8 Å². The van der Waals surface area contributed by atoms with Crippen LogP contribution in [0.2, 0.25) is 0 Å². The van der Waals surface area contributed by atoms with Crippen molar-refractivity contribution < 1.29 is 9.68 Å². The van der Waals surface area contributed by atoms with E-state index in [9.17, 15) is 0 Å². The minimum Gasteiger partial charge on any atom is -0.395 e. The molecule has 166 valence electrons. The first kappa shape index (κ1) is 23.2. The van der Waals surface area contributed by atoms with E-state index in [4.69, 9.17) is 9.68 Å². The van der Waals surface area contributed by atoms with Crippen molar-refractivity contribution in [3.63, 3.8) is 0 Å². The summed E-state index contributed by atoms with van der Waals surface area (Å²) in [4.78, 5) is 24.9. The summed E-state index contributed by atoms with van der Waals surface area (Å²) >= 11 is 1.58. The van der Waals surface area contributed by atoms with Crippen LogP contribution in [0.3, 0.4) is 0 Å². The van der Waals surface area contributed by atoms with E-state index < -0.39 is 0 Å². The largest absolute Gasteiger partial charge is 0.395 e. The van der Waals surface area contributed by atoms with E-state index >= 15 is 0 Å². The number of thioether (sulfide) groups is 1. The average molecular weight is 442 g/mol. The molecule has 0 saturated heterocycles. The molecule has 0 atom stereocenters. The predicted octanol–water partition coefficient (Wildman–Crippen LogP) is 4.73. The summed E-state index contributed by atoms with van der Waals surface area (Å²) in [7, 11) is 0.